The van der Waals surface area contributed by atoms with Gasteiger partial charge in [-0.05, 0) is 31.5 Å². The highest BCUT2D eigenvalue weighted by Crippen LogP contribution is 2.23. The third kappa shape index (κ3) is 4.25. The molecule has 0 aromatic heterocycles. The molecule has 22 heavy (non-hydrogen) atoms. The number of carbonyl (C=O) groups excluding carboxylic acids is 1. The van der Waals surface area contributed by atoms with E-state index in [1.54, 1.807) is 12.1 Å². The van der Waals surface area contributed by atoms with Gasteiger partial charge in [-0.25, -0.2) is 0 Å². The molecule has 7 nitrogen and oxygen atoms in total. The van der Waals surface area contributed by atoms with E-state index in [1.807, 2.05) is 13.8 Å². The Morgan fingerprint density at radius 2 is 2.14 bits per heavy atom. The Hall–Kier alpha value is -1.99. The molecular formula is C15H21N3O4. The molecule has 1 aliphatic rings. The van der Waals surface area contributed by atoms with Crippen molar-refractivity contribution in [2.45, 2.75) is 31.8 Å². The van der Waals surface area contributed by atoms with Gasteiger partial charge in [-0.1, -0.05) is 0 Å². The van der Waals surface area contributed by atoms with Gasteiger partial charge in [-0.2, -0.15) is 0 Å². The van der Waals surface area contributed by atoms with Crippen molar-refractivity contribution in [3.63, 3.8) is 0 Å². The van der Waals surface area contributed by atoms with E-state index in [4.69, 9.17) is 4.74 Å². The third-order valence-corrected chi connectivity index (χ3v) is 3.68. The lowest BCUT2D eigenvalue weighted by molar-refractivity contribution is -0.384. The summed E-state index contributed by atoms with van der Waals surface area (Å²) in [5, 5.41) is 16.9. The first-order valence-electron chi connectivity index (χ1n) is 7.25. The number of ether oxygens (including phenoxy) is 1. The van der Waals surface area contributed by atoms with Crippen LogP contribution >= 0.6 is 0 Å². The number of hydrogen-bond donors (Lipinski definition) is 2. The zero-order chi connectivity index (χ0) is 16.2. The van der Waals surface area contributed by atoms with Crippen LogP contribution in [0.5, 0.6) is 0 Å². The Balaban J connectivity index is 1.96. The molecule has 0 spiro atoms. The fourth-order valence-electron chi connectivity index (χ4n) is 2.45. The highest BCUT2D eigenvalue weighted by Gasteiger charge is 2.25. The molecule has 2 N–H and O–H groups in total. The van der Waals surface area contributed by atoms with Gasteiger partial charge in [-0.15, -0.1) is 0 Å². The first-order valence-corrected chi connectivity index (χ1v) is 7.25. The summed E-state index contributed by atoms with van der Waals surface area (Å²) in [7, 11) is 0. The van der Waals surface area contributed by atoms with Crippen LogP contribution < -0.4 is 10.6 Å². The summed E-state index contributed by atoms with van der Waals surface area (Å²) < 4.78 is 5.33. The molecule has 2 rings (SSSR count). The zero-order valence-electron chi connectivity index (χ0n) is 12.8. The van der Waals surface area contributed by atoms with Crippen LogP contribution in [0.2, 0.25) is 0 Å². The van der Waals surface area contributed by atoms with E-state index in [9.17, 15) is 14.9 Å². The summed E-state index contributed by atoms with van der Waals surface area (Å²) in [6.45, 7) is 5.70. The fraction of sp³-hybridized carbons (Fsp3) is 0.533. The Morgan fingerprint density at radius 1 is 1.45 bits per heavy atom. The standard InChI is InChI=1S/C15H21N3O4/c1-15(2,11-3-5-13(6-4-11)18(20)21)17-14(19)9-12-10-22-8-7-16-12/h3-6,12,16H,7-10H2,1-2H3,(H,17,19). The number of nitrogens with one attached hydrogen (secondary N) is 2. The molecule has 1 fully saturated rings. The Bertz CT molecular complexity index is 536. The van der Waals surface area contributed by atoms with Gasteiger partial charge in [0.1, 0.15) is 0 Å². The second-order valence-electron chi connectivity index (χ2n) is 5.91. The number of carbonyl (C=O) groups is 1. The average molecular weight is 307 g/mol. The summed E-state index contributed by atoms with van der Waals surface area (Å²) >= 11 is 0. The molecule has 0 saturated carbocycles. The fourth-order valence-corrected chi connectivity index (χ4v) is 2.45. The minimum absolute atomic E-state index is 0.0291. The monoisotopic (exact) mass is 307 g/mol. The molecule has 1 amide bonds. The Kier molecular flexibility index (Phi) is 5.10. The highest BCUT2D eigenvalue weighted by atomic mass is 16.6. The van der Waals surface area contributed by atoms with E-state index in [1.165, 1.54) is 12.1 Å². The Labute approximate surface area is 129 Å². The van der Waals surface area contributed by atoms with E-state index in [0.717, 1.165) is 12.1 Å². The van der Waals surface area contributed by atoms with E-state index in [0.29, 0.717) is 19.6 Å². The highest BCUT2D eigenvalue weighted by molar-refractivity contribution is 5.77. The minimum Gasteiger partial charge on any atom is -0.378 e. The minimum atomic E-state index is -0.596. The van der Waals surface area contributed by atoms with Crippen LogP contribution in [0.15, 0.2) is 24.3 Å². The number of nitro groups is 1. The molecule has 1 heterocycles. The summed E-state index contributed by atoms with van der Waals surface area (Å²) in [5.74, 6) is -0.0775. The van der Waals surface area contributed by atoms with Gasteiger partial charge in [0.25, 0.3) is 5.69 Å². The van der Waals surface area contributed by atoms with Crippen molar-refractivity contribution in [2.75, 3.05) is 19.8 Å². The predicted octanol–water partition coefficient (Wildman–Crippen LogP) is 1.32. The third-order valence-electron chi connectivity index (χ3n) is 3.68. The van der Waals surface area contributed by atoms with Crippen molar-refractivity contribution in [2.24, 2.45) is 0 Å². The summed E-state index contributed by atoms with van der Waals surface area (Å²) in [6.07, 6.45) is 0.344. The number of amides is 1. The number of non-ortho nitro benzene ring substituents is 1. The van der Waals surface area contributed by atoms with Crippen LogP contribution in [-0.2, 0) is 15.1 Å². The number of nitrogens with zero attached hydrogens (tertiary/aromatic N) is 1. The lowest BCUT2D eigenvalue weighted by atomic mass is 9.93. The van der Waals surface area contributed by atoms with E-state index in [-0.39, 0.29) is 17.6 Å². The molecule has 1 unspecified atom stereocenters. The molecular weight excluding hydrogens is 286 g/mol. The van der Waals surface area contributed by atoms with Crippen LogP contribution in [-0.4, -0.2) is 36.6 Å². The van der Waals surface area contributed by atoms with Crippen molar-refractivity contribution < 1.29 is 14.5 Å². The van der Waals surface area contributed by atoms with Crippen molar-refractivity contribution in [3.05, 3.63) is 39.9 Å². The molecule has 1 saturated heterocycles. The van der Waals surface area contributed by atoms with Crippen molar-refractivity contribution >= 4 is 11.6 Å². The molecule has 1 aromatic rings. The predicted molar refractivity (Wildman–Crippen MR) is 81.5 cm³/mol. The van der Waals surface area contributed by atoms with Gasteiger partial charge in [0.2, 0.25) is 5.91 Å². The topological polar surface area (TPSA) is 93.5 Å². The maximum Gasteiger partial charge on any atom is 0.269 e. The summed E-state index contributed by atoms with van der Waals surface area (Å²) in [4.78, 5) is 22.4. The molecule has 1 aromatic carbocycles. The molecule has 1 aliphatic heterocycles. The van der Waals surface area contributed by atoms with Crippen molar-refractivity contribution in [1.29, 1.82) is 0 Å². The molecule has 120 valence electrons. The van der Waals surface area contributed by atoms with Crippen molar-refractivity contribution in [3.8, 4) is 0 Å². The number of morpholine rings is 1. The van der Waals surface area contributed by atoms with E-state index < -0.39 is 10.5 Å². The quantitative estimate of drug-likeness (QED) is 0.632. The van der Waals surface area contributed by atoms with Gasteiger partial charge < -0.3 is 15.4 Å². The lowest BCUT2D eigenvalue weighted by Gasteiger charge is -2.29. The van der Waals surface area contributed by atoms with Crippen LogP contribution in [0, 0.1) is 10.1 Å². The zero-order valence-corrected chi connectivity index (χ0v) is 12.8. The molecule has 0 aliphatic carbocycles. The number of benzene rings is 1. The van der Waals surface area contributed by atoms with Gasteiger partial charge in [0.05, 0.1) is 23.7 Å². The van der Waals surface area contributed by atoms with Crippen LogP contribution in [0.3, 0.4) is 0 Å². The lowest BCUT2D eigenvalue weighted by Crippen LogP contribution is -2.47. The molecule has 0 radical (unpaired) electrons. The largest absolute Gasteiger partial charge is 0.378 e. The second-order valence-corrected chi connectivity index (χ2v) is 5.91. The first kappa shape index (κ1) is 16.4. The maximum atomic E-state index is 12.2. The van der Waals surface area contributed by atoms with Crippen LogP contribution in [0.1, 0.15) is 25.8 Å². The van der Waals surface area contributed by atoms with Gasteiger partial charge in [0, 0.05) is 31.1 Å². The maximum absolute atomic E-state index is 12.2. The normalized spacial score (nSPS) is 18.7. The Morgan fingerprint density at radius 3 is 2.68 bits per heavy atom. The van der Waals surface area contributed by atoms with E-state index >= 15 is 0 Å². The first-order chi connectivity index (χ1) is 10.4. The average Bonchev–Trinajstić information content (AvgIpc) is 2.47. The van der Waals surface area contributed by atoms with Crippen LogP contribution in [0.25, 0.3) is 0 Å². The van der Waals surface area contributed by atoms with Gasteiger partial charge in [0.15, 0.2) is 0 Å². The number of rotatable bonds is 5. The van der Waals surface area contributed by atoms with Gasteiger partial charge in [-0.3, -0.25) is 14.9 Å². The molecule has 0 bridgehead atoms. The summed E-state index contributed by atoms with van der Waals surface area (Å²) in [5.41, 5.74) is 0.260. The summed E-state index contributed by atoms with van der Waals surface area (Å²) in [6, 6.07) is 6.25. The second kappa shape index (κ2) is 6.85. The van der Waals surface area contributed by atoms with Crippen LogP contribution in [0.4, 0.5) is 5.69 Å². The molecule has 7 heteroatoms. The number of nitro benzene ring substituents is 1. The smallest absolute Gasteiger partial charge is 0.269 e. The van der Waals surface area contributed by atoms with Gasteiger partial charge >= 0.3 is 0 Å². The van der Waals surface area contributed by atoms with E-state index in [2.05, 4.69) is 10.6 Å². The SMILES string of the molecule is CC(C)(NC(=O)CC1COCCN1)c1ccc([N+](=O)[O-])cc1. The number of hydrogen-bond acceptors (Lipinski definition) is 5. The molecule has 1 atom stereocenters. The van der Waals surface area contributed by atoms with Crippen molar-refractivity contribution in [1.82, 2.24) is 10.6 Å².